The first kappa shape index (κ1) is 21.3. The molecule has 8 nitrogen and oxygen atoms in total. The molecule has 0 aliphatic carbocycles. The van der Waals surface area contributed by atoms with E-state index in [0.717, 1.165) is 18.6 Å². The van der Waals surface area contributed by atoms with Crippen LogP contribution >= 0.6 is 12.2 Å². The number of hydrogen-bond donors (Lipinski definition) is 3. The van der Waals surface area contributed by atoms with Crippen LogP contribution in [0.2, 0.25) is 0 Å². The van der Waals surface area contributed by atoms with Crippen molar-refractivity contribution in [2.75, 3.05) is 6.54 Å². The summed E-state index contributed by atoms with van der Waals surface area (Å²) in [4.78, 5) is 25.8. The molecule has 0 fully saturated rings. The van der Waals surface area contributed by atoms with Gasteiger partial charge in [-0.1, -0.05) is 37.3 Å². The van der Waals surface area contributed by atoms with Gasteiger partial charge in [-0.25, -0.2) is 0 Å². The molecular formula is C21H21N3O5S. The number of rotatable bonds is 6. The van der Waals surface area contributed by atoms with E-state index in [-0.39, 0.29) is 17.1 Å². The summed E-state index contributed by atoms with van der Waals surface area (Å²) in [5.41, 5.74) is 0.871. The topological polar surface area (TPSA) is 116 Å². The Morgan fingerprint density at radius 3 is 2.50 bits per heavy atom. The fourth-order valence-corrected chi connectivity index (χ4v) is 3.85. The fraction of sp³-hybridized carbons (Fsp3) is 0.238. The van der Waals surface area contributed by atoms with Gasteiger partial charge in [0.2, 0.25) is 0 Å². The van der Waals surface area contributed by atoms with Crippen LogP contribution in [0.5, 0.6) is 11.5 Å². The van der Waals surface area contributed by atoms with E-state index < -0.39 is 22.4 Å². The fourth-order valence-electron chi connectivity index (χ4n) is 3.51. The molecule has 0 amide bonds. The Kier molecular flexibility index (Phi) is 6.02. The molecule has 3 N–H and O–H groups in total. The zero-order valence-corrected chi connectivity index (χ0v) is 17.3. The first-order chi connectivity index (χ1) is 14.3. The number of allylic oxidation sites excluding steroid dienone is 1. The van der Waals surface area contributed by atoms with E-state index >= 15 is 0 Å². The van der Waals surface area contributed by atoms with Crippen molar-refractivity contribution in [3.05, 3.63) is 75.0 Å². The van der Waals surface area contributed by atoms with Gasteiger partial charge in [0, 0.05) is 41.1 Å². The van der Waals surface area contributed by atoms with Crippen LogP contribution < -0.4 is 5.32 Å². The van der Waals surface area contributed by atoms with Gasteiger partial charge in [0.25, 0.3) is 0 Å². The van der Waals surface area contributed by atoms with Crippen LogP contribution in [0.4, 0.5) is 5.69 Å². The average molecular weight is 427 g/mol. The summed E-state index contributed by atoms with van der Waals surface area (Å²) in [6, 6.07) is 9.67. The van der Waals surface area contributed by atoms with Crippen molar-refractivity contribution in [1.82, 2.24) is 10.2 Å². The van der Waals surface area contributed by atoms with Gasteiger partial charge in [-0.3, -0.25) is 14.9 Å². The largest absolute Gasteiger partial charge is 0.507 e. The first-order valence-corrected chi connectivity index (χ1v) is 9.75. The summed E-state index contributed by atoms with van der Waals surface area (Å²) >= 11 is 5.46. The minimum Gasteiger partial charge on any atom is -0.507 e. The molecule has 1 aliphatic heterocycles. The predicted octanol–water partition coefficient (Wildman–Crippen LogP) is 3.80. The highest BCUT2D eigenvalue weighted by Gasteiger charge is 2.36. The van der Waals surface area contributed by atoms with Gasteiger partial charge in [0.1, 0.15) is 5.75 Å². The molecule has 9 heteroatoms. The highest BCUT2D eigenvalue weighted by molar-refractivity contribution is 7.80. The SMILES string of the molecule is CCCN1C(=S)NC(c2cc([N+](=O)[O-])c(O)cc2O)C(C(=O)c2ccccc2)=C1C. The third kappa shape index (κ3) is 3.84. The summed E-state index contributed by atoms with van der Waals surface area (Å²) in [6.45, 7) is 4.32. The second kappa shape index (κ2) is 8.50. The Labute approximate surface area is 178 Å². The predicted molar refractivity (Wildman–Crippen MR) is 115 cm³/mol. The number of nitrogens with one attached hydrogen (secondary N) is 1. The van der Waals surface area contributed by atoms with E-state index in [1.54, 1.807) is 42.2 Å². The number of hydrogen-bond acceptors (Lipinski definition) is 6. The molecule has 2 aromatic carbocycles. The van der Waals surface area contributed by atoms with E-state index in [0.29, 0.717) is 28.5 Å². The highest BCUT2D eigenvalue weighted by atomic mass is 32.1. The molecule has 0 radical (unpaired) electrons. The zero-order valence-electron chi connectivity index (χ0n) is 16.5. The number of ketones is 1. The summed E-state index contributed by atoms with van der Waals surface area (Å²) < 4.78 is 0. The lowest BCUT2D eigenvalue weighted by molar-refractivity contribution is -0.386. The molecule has 0 saturated heterocycles. The van der Waals surface area contributed by atoms with Crippen molar-refractivity contribution < 1.29 is 19.9 Å². The Balaban J connectivity index is 2.22. The molecule has 1 atom stereocenters. The number of nitro groups is 1. The maximum Gasteiger partial charge on any atom is 0.311 e. The van der Waals surface area contributed by atoms with Gasteiger partial charge >= 0.3 is 5.69 Å². The number of benzene rings is 2. The molecule has 0 aromatic heterocycles. The molecule has 0 saturated carbocycles. The minimum atomic E-state index is -0.919. The van der Waals surface area contributed by atoms with Gasteiger partial charge < -0.3 is 20.4 Å². The van der Waals surface area contributed by atoms with Gasteiger partial charge in [-0.05, 0) is 25.6 Å². The highest BCUT2D eigenvalue weighted by Crippen LogP contribution is 2.41. The lowest BCUT2D eigenvalue weighted by atomic mass is 9.88. The molecular weight excluding hydrogens is 406 g/mol. The van der Waals surface area contributed by atoms with E-state index in [1.165, 1.54) is 0 Å². The molecule has 156 valence electrons. The van der Waals surface area contributed by atoms with Gasteiger partial charge in [-0.15, -0.1) is 0 Å². The number of nitro benzene ring substituents is 1. The molecule has 30 heavy (non-hydrogen) atoms. The van der Waals surface area contributed by atoms with Crippen molar-refractivity contribution in [3.63, 3.8) is 0 Å². The van der Waals surface area contributed by atoms with Crippen LogP contribution in [-0.4, -0.2) is 37.5 Å². The normalized spacial score (nSPS) is 16.4. The summed E-state index contributed by atoms with van der Waals surface area (Å²) in [6.07, 6.45) is 0.784. The van der Waals surface area contributed by atoms with Crippen LogP contribution in [0.15, 0.2) is 53.7 Å². The number of nitrogens with zero attached hydrogens (tertiary/aromatic N) is 2. The Hall–Kier alpha value is -3.46. The second-order valence-corrected chi connectivity index (χ2v) is 7.27. The summed E-state index contributed by atoms with van der Waals surface area (Å²) in [7, 11) is 0. The molecule has 0 bridgehead atoms. The zero-order chi connectivity index (χ0) is 22.0. The number of carbonyl (C=O) groups is 1. The number of phenolic OH excluding ortho intramolecular Hbond substituents is 2. The third-order valence-corrected chi connectivity index (χ3v) is 5.29. The van der Waals surface area contributed by atoms with Crippen molar-refractivity contribution in [1.29, 1.82) is 0 Å². The molecule has 2 aromatic rings. The van der Waals surface area contributed by atoms with Crippen LogP contribution in [0, 0.1) is 10.1 Å². The van der Waals surface area contributed by atoms with Gasteiger partial charge in [0.05, 0.1) is 11.0 Å². The molecule has 1 heterocycles. The van der Waals surface area contributed by atoms with Crippen molar-refractivity contribution in [3.8, 4) is 11.5 Å². The Morgan fingerprint density at radius 2 is 1.90 bits per heavy atom. The molecule has 0 spiro atoms. The van der Waals surface area contributed by atoms with Crippen molar-refractivity contribution in [2.45, 2.75) is 26.3 Å². The lowest BCUT2D eigenvalue weighted by Gasteiger charge is -2.38. The average Bonchev–Trinajstić information content (AvgIpc) is 2.71. The van der Waals surface area contributed by atoms with E-state index in [1.807, 2.05) is 6.92 Å². The maximum absolute atomic E-state index is 13.4. The van der Waals surface area contributed by atoms with Crippen molar-refractivity contribution in [2.24, 2.45) is 0 Å². The smallest absolute Gasteiger partial charge is 0.311 e. The van der Waals surface area contributed by atoms with Crippen LogP contribution in [0.3, 0.4) is 0 Å². The number of aromatic hydroxyl groups is 2. The van der Waals surface area contributed by atoms with Crippen LogP contribution in [-0.2, 0) is 0 Å². The summed E-state index contributed by atoms with van der Waals surface area (Å²) in [5, 5.41) is 35.0. The van der Waals surface area contributed by atoms with E-state index in [2.05, 4.69) is 5.32 Å². The lowest BCUT2D eigenvalue weighted by Crippen LogP contribution is -2.47. The number of thiocarbonyl (C=S) groups is 1. The summed E-state index contributed by atoms with van der Waals surface area (Å²) in [5.74, 6) is -1.33. The maximum atomic E-state index is 13.4. The first-order valence-electron chi connectivity index (χ1n) is 9.35. The van der Waals surface area contributed by atoms with Crippen LogP contribution in [0.1, 0.15) is 42.2 Å². The Bertz CT molecular complexity index is 1050. The molecule has 1 aliphatic rings. The standard InChI is InChI=1S/C21H21N3O5S/c1-3-9-23-12(2)18(20(27)13-7-5-4-6-8-13)19(22-21(23)30)14-10-15(24(28)29)17(26)11-16(14)25/h4-8,10-11,19,25-26H,3,9H2,1-2H3,(H,22,30). The minimum absolute atomic E-state index is 0.0802. The van der Waals surface area contributed by atoms with Gasteiger partial charge in [0.15, 0.2) is 16.6 Å². The molecule has 3 rings (SSSR count). The quantitative estimate of drug-likeness (QED) is 0.276. The van der Waals surface area contributed by atoms with E-state index in [4.69, 9.17) is 12.2 Å². The monoisotopic (exact) mass is 427 g/mol. The second-order valence-electron chi connectivity index (χ2n) is 6.89. The number of carbonyl (C=O) groups excluding carboxylic acids is 1. The third-order valence-electron chi connectivity index (χ3n) is 4.96. The van der Waals surface area contributed by atoms with Gasteiger partial charge in [-0.2, -0.15) is 0 Å². The number of Topliss-reactive ketones (excluding diaryl/α,β-unsaturated/α-hetero) is 1. The number of phenols is 2. The van der Waals surface area contributed by atoms with E-state index in [9.17, 15) is 25.1 Å². The Morgan fingerprint density at radius 1 is 1.23 bits per heavy atom. The van der Waals surface area contributed by atoms with Crippen molar-refractivity contribution >= 4 is 28.8 Å². The molecule has 1 unspecified atom stereocenters. The van der Waals surface area contributed by atoms with Crippen LogP contribution in [0.25, 0.3) is 0 Å².